The lowest BCUT2D eigenvalue weighted by Gasteiger charge is -2.22. The first-order valence-electron chi connectivity index (χ1n) is 8.33. The van der Waals surface area contributed by atoms with E-state index in [1.54, 1.807) is 0 Å². The van der Waals surface area contributed by atoms with E-state index in [2.05, 4.69) is 11.4 Å². The number of rotatable bonds is 6. The summed E-state index contributed by atoms with van der Waals surface area (Å²) in [4.78, 5) is 28.0. The largest absolute Gasteiger partial charge is 0.350 e. The first kappa shape index (κ1) is 16.0. The van der Waals surface area contributed by atoms with Crippen LogP contribution in [0, 0.1) is 0 Å². The maximum Gasteiger partial charge on any atom is 0.240 e. The molecule has 0 radical (unpaired) electrons. The minimum absolute atomic E-state index is 0.114. The van der Waals surface area contributed by atoms with Crippen LogP contribution in [-0.2, 0) is 22.7 Å². The Hall–Kier alpha value is -1.88. The second-order valence-electron chi connectivity index (χ2n) is 6.85. The highest BCUT2D eigenvalue weighted by atomic mass is 16.2. The molecule has 23 heavy (non-hydrogen) atoms. The second-order valence-corrected chi connectivity index (χ2v) is 6.85. The van der Waals surface area contributed by atoms with Gasteiger partial charge in [0, 0.05) is 26.1 Å². The van der Waals surface area contributed by atoms with Crippen LogP contribution in [-0.4, -0.2) is 47.8 Å². The topological polar surface area (TPSA) is 52.7 Å². The van der Waals surface area contributed by atoms with Gasteiger partial charge in [0.05, 0.1) is 5.54 Å². The standard InChI is InChI=1S/C18H25N3O2/c1-20(2)18(8-9-18)17(23)19-12-14-5-3-6-15(11-14)13-21-10-4-7-16(21)22/h3,5-6,11H,4,7-10,12-13H2,1-2H3,(H,19,23). The number of carbonyl (C=O) groups excluding carboxylic acids is 2. The van der Waals surface area contributed by atoms with E-state index in [4.69, 9.17) is 0 Å². The first-order valence-corrected chi connectivity index (χ1v) is 8.33. The van der Waals surface area contributed by atoms with Crippen LogP contribution in [0.25, 0.3) is 0 Å². The highest BCUT2D eigenvalue weighted by Crippen LogP contribution is 2.40. The molecule has 1 aliphatic carbocycles. The van der Waals surface area contributed by atoms with E-state index in [1.807, 2.05) is 42.1 Å². The van der Waals surface area contributed by atoms with E-state index in [0.717, 1.165) is 36.9 Å². The van der Waals surface area contributed by atoms with Crippen molar-refractivity contribution < 1.29 is 9.59 Å². The number of likely N-dealkylation sites (N-methyl/N-ethyl adjacent to an activating group) is 1. The summed E-state index contributed by atoms with van der Waals surface area (Å²) < 4.78 is 0. The van der Waals surface area contributed by atoms with Gasteiger partial charge < -0.3 is 10.2 Å². The third-order valence-corrected chi connectivity index (χ3v) is 4.99. The quantitative estimate of drug-likeness (QED) is 0.866. The Morgan fingerprint density at radius 3 is 2.65 bits per heavy atom. The molecule has 2 amide bonds. The maximum absolute atomic E-state index is 12.3. The predicted octanol–water partition coefficient (Wildman–Crippen LogP) is 1.52. The van der Waals surface area contributed by atoms with E-state index < -0.39 is 0 Å². The van der Waals surface area contributed by atoms with Crippen LogP contribution in [0.5, 0.6) is 0 Å². The lowest BCUT2D eigenvalue weighted by molar-refractivity contribution is -0.128. The summed E-state index contributed by atoms with van der Waals surface area (Å²) in [6.07, 6.45) is 3.50. The normalized spacial score (nSPS) is 19.3. The zero-order chi connectivity index (χ0) is 16.4. The van der Waals surface area contributed by atoms with Crippen LogP contribution in [0.4, 0.5) is 0 Å². The molecule has 2 fully saturated rings. The molecule has 124 valence electrons. The zero-order valence-electron chi connectivity index (χ0n) is 14.0. The fourth-order valence-electron chi connectivity index (χ4n) is 3.27. The number of carbonyl (C=O) groups is 2. The third-order valence-electron chi connectivity index (χ3n) is 4.99. The molecule has 1 aromatic rings. The van der Waals surface area contributed by atoms with Crippen molar-refractivity contribution in [3.05, 3.63) is 35.4 Å². The summed E-state index contributed by atoms with van der Waals surface area (Å²) >= 11 is 0. The highest BCUT2D eigenvalue weighted by molar-refractivity contribution is 5.89. The Labute approximate surface area is 137 Å². The number of likely N-dealkylation sites (tertiary alicyclic amines) is 1. The van der Waals surface area contributed by atoms with Crippen molar-refractivity contribution in [3.8, 4) is 0 Å². The van der Waals surface area contributed by atoms with E-state index >= 15 is 0 Å². The van der Waals surface area contributed by atoms with E-state index in [0.29, 0.717) is 19.5 Å². The first-order chi connectivity index (χ1) is 11.0. The molecular weight excluding hydrogens is 290 g/mol. The van der Waals surface area contributed by atoms with Gasteiger partial charge in [-0.05, 0) is 44.5 Å². The van der Waals surface area contributed by atoms with Crippen LogP contribution < -0.4 is 5.32 Å². The average Bonchev–Trinajstić information content (AvgIpc) is 3.26. The van der Waals surface area contributed by atoms with Crippen molar-refractivity contribution >= 4 is 11.8 Å². The second kappa shape index (κ2) is 6.32. The van der Waals surface area contributed by atoms with E-state index in [1.165, 1.54) is 0 Å². The Balaban J connectivity index is 1.57. The SMILES string of the molecule is CN(C)C1(C(=O)NCc2cccc(CN3CCCC3=O)c2)CC1. The van der Waals surface area contributed by atoms with Gasteiger partial charge in [-0.25, -0.2) is 0 Å². The van der Waals surface area contributed by atoms with Crippen LogP contribution >= 0.6 is 0 Å². The summed E-state index contributed by atoms with van der Waals surface area (Å²) in [5.74, 6) is 0.355. The van der Waals surface area contributed by atoms with Crippen molar-refractivity contribution in [3.63, 3.8) is 0 Å². The molecule has 0 aromatic heterocycles. The minimum atomic E-state index is -0.292. The molecule has 0 spiro atoms. The fourth-order valence-corrected chi connectivity index (χ4v) is 3.27. The Morgan fingerprint density at radius 1 is 1.30 bits per heavy atom. The van der Waals surface area contributed by atoms with Gasteiger partial charge in [0.2, 0.25) is 11.8 Å². The smallest absolute Gasteiger partial charge is 0.240 e. The summed E-state index contributed by atoms with van der Waals surface area (Å²) in [6, 6.07) is 8.14. The molecule has 1 saturated carbocycles. The van der Waals surface area contributed by atoms with Crippen LogP contribution in [0.15, 0.2) is 24.3 Å². The monoisotopic (exact) mass is 315 g/mol. The van der Waals surface area contributed by atoms with Gasteiger partial charge in [0.1, 0.15) is 0 Å². The molecular formula is C18H25N3O2. The number of hydrogen-bond donors (Lipinski definition) is 1. The van der Waals surface area contributed by atoms with Gasteiger partial charge in [-0.1, -0.05) is 24.3 Å². The van der Waals surface area contributed by atoms with Crippen molar-refractivity contribution in [2.24, 2.45) is 0 Å². The molecule has 0 atom stereocenters. The maximum atomic E-state index is 12.3. The molecule has 0 bridgehead atoms. The molecule has 5 heteroatoms. The summed E-state index contributed by atoms with van der Waals surface area (Å²) in [5.41, 5.74) is 1.91. The number of hydrogen-bond acceptors (Lipinski definition) is 3. The Bertz CT molecular complexity index is 608. The van der Waals surface area contributed by atoms with Crippen molar-refractivity contribution in [2.45, 2.75) is 44.3 Å². The highest BCUT2D eigenvalue weighted by Gasteiger charge is 2.51. The van der Waals surface area contributed by atoms with Crippen molar-refractivity contribution in [1.29, 1.82) is 0 Å². The van der Waals surface area contributed by atoms with Gasteiger partial charge >= 0.3 is 0 Å². The number of nitrogens with one attached hydrogen (secondary N) is 1. The molecule has 1 saturated heterocycles. The molecule has 1 N–H and O–H groups in total. The Kier molecular flexibility index (Phi) is 4.39. The van der Waals surface area contributed by atoms with Crippen LogP contribution in [0.3, 0.4) is 0 Å². The van der Waals surface area contributed by atoms with Gasteiger partial charge in [0.25, 0.3) is 0 Å². The fraction of sp³-hybridized carbons (Fsp3) is 0.556. The van der Waals surface area contributed by atoms with E-state index in [-0.39, 0.29) is 17.4 Å². The molecule has 1 aliphatic heterocycles. The lowest BCUT2D eigenvalue weighted by atomic mass is 10.1. The Morgan fingerprint density at radius 2 is 2.04 bits per heavy atom. The van der Waals surface area contributed by atoms with Crippen LogP contribution in [0.1, 0.15) is 36.8 Å². The molecule has 2 aliphatic rings. The van der Waals surface area contributed by atoms with Gasteiger partial charge in [0.15, 0.2) is 0 Å². The minimum Gasteiger partial charge on any atom is -0.350 e. The summed E-state index contributed by atoms with van der Waals surface area (Å²) in [5, 5.41) is 3.05. The van der Waals surface area contributed by atoms with Crippen LogP contribution in [0.2, 0.25) is 0 Å². The van der Waals surface area contributed by atoms with Gasteiger partial charge in [-0.3, -0.25) is 14.5 Å². The number of amides is 2. The molecule has 5 nitrogen and oxygen atoms in total. The van der Waals surface area contributed by atoms with Gasteiger partial charge in [-0.15, -0.1) is 0 Å². The molecule has 3 rings (SSSR count). The predicted molar refractivity (Wildman–Crippen MR) is 88.6 cm³/mol. The van der Waals surface area contributed by atoms with Crippen molar-refractivity contribution in [2.75, 3.05) is 20.6 Å². The zero-order valence-corrected chi connectivity index (χ0v) is 14.0. The lowest BCUT2D eigenvalue weighted by Crippen LogP contribution is -2.45. The molecule has 0 unspecified atom stereocenters. The third kappa shape index (κ3) is 3.39. The molecule has 1 aromatic carbocycles. The number of nitrogens with zero attached hydrogens (tertiary/aromatic N) is 2. The number of benzene rings is 1. The summed E-state index contributed by atoms with van der Waals surface area (Å²) in [7, 11) is 3.92. The van der Waals surface area contributed by atoms with Crippen molar-refractivity contribution in [1.82, 2.24) is 15.1 Å². The van der Waals surface area contributed by atoms with Gasteiger partial charge in [-0.2, -0.15) is 0 Å². The average molecular weight is 315 g/mol. The molecule has 1 heterocycles. The summed E-state index contributed by atoms with van der Waals surface area (Å²) in [6.45, 7) is 2.06. The van der Waals surface area contributed by atoms with E-state index in [9.17, 15) is 9.59 Å².